The Morgan fingerprint density at radius 3 is 2.59 bits per heavy atom. The second kappa shape index (κ2) is 10.5. The molecule has 27 heavy (non-hydrogen) atoms. The van der Waals surface area contributed by atoms with E-state index in [9.17, 15) is 0 Å². The zero-order valence-corrected chi connectivity index (χ0v) is 17.5. The molecular formula is C21H22IN5. The van der Waals surface area contributed by atoms with Gasteiger partial charge in [-0.25, -0.2) is 4.99 Å². The van der Waals surface area contributed by atoms with Crippen LogP contribution in [0.4, 0.5) is 0 Å². The molecule has 6 heteroatoms. The molecule has 0 atom stereocenters. The smallest absolute Gasteiger partial charge is 0.191 e. The molecule has 0 saturated carbocycles. The molecule has 2 aromatic carbocycles. The molecule has 0 aliphatic rings. The summed E-state index contributed by atoms with van der Waals surface area (Å²) in [4.78, 5) is 9.03. The predicted molar refractivity (Wildman–Crippen MR) is 120 cm³/mol. The van der Waals surface area contributed by atoms with Gasteiger partial charge >= 0.3 is 0 Å². The third kappa shape index (κ3) is 5.66. The zero-order valence-electron chi connectivity index (χ0n) is 15.1. The van der Waals surface area contributed by atoms with Gasteiger partial charge in [0.25, 0.3) is 0 Å². The van der Waals surface area contributed by atoms with Crippen LogP contribution in [0.3, 0.4) is 0 Å². The molecule has 0 unspecified atom stereocenters. The third-order valence-electron chi connectivity index (χ3n) is 4.03. The summed E-state index contributed by atoms with van der Waals surface area (Å²) in [6.07, 6.45) is 1.83. The Morgan fingerprint density at radius 1 is 1.07 bits per heavy atom. The average molecular weight is 471 g/mol. The Hall–Kier alpha value is -2.66. The molecule has 0 spiro atoms. The Kier molecular flexibility index (Phi) is 8.01. The number of hydrogen-bond donors (Lipinski definition) is 2. The largest absolute Gasteiger partial charge is 0.357 e. The van der Waals surface area contributed by atoms with Crippen molar-refractivity contribution in [3.63, 3.8) is 0 Å². The Labute approximate surface area is 176 Å². The minimum absolute atomic E-state index is 0. The number of fused-ring (bicyclic) bond motifs is 1. The Balaban J connectivity index is 0.00000261. The van der Waals surface area contributed by atoms with Crippen LogP contribution in [0, 0.1) is 11.3 Å². The van der Waals surface area contributed by atoms with Gasteiger partial charge in [-0.1, -0.05) is 30.3 Å². The molecule has 5 nitrogen and oxygen atoms in total. The highest BCUT2D eigenvalue weighted by atomic mass is 127. The molecule has 138 valence electrons. The highest BCUT2D eigenvalue weighted by Crippen LogP contribution is 2.15. The van der Waals surface area contributed by atoms with Crippen LogP contribution in [0.2, 0.25) is 0 Å². The number of para-hydroxylation sites is 1. The fourth-order valence-corrected chi connectivity index (χ4v) is 2.68. The van der Waals surface area contributed by atoms with E-state index in [2.05, 4.69) is 32.7 Å². The molecule has 2 N–H and O–H groups in total. The number of aromatic nitrogens is 1. The van der Waals surface area contributed by atoms with Gasteiger partial charge in [0.2, 0.25) is 0 Å². The first kappa shape index (κ1) is 20.6. The Morgan fingerprint density at radius 2 is 1.85 bits per heavy atom. The second-order valence-corrected chi connectivity index (χ2v) is 5.84. The molecule has 1 aromatic heterocycles. The number of aliphatic imine (C=N–C) groups is 1. The first-order chi connectivity index (χ1) is 12.8. The van der Waals surface area contributed by atoms with Gasteiger partial charge < -0.3 is 10.6 Å². The molecule has 3 rings (SSSR count). The van der Waals surface area contributed by atoms with Crippen LogP contribution in [0.15, 0.2) is 65.8 Å². The first-order valence-electron chi connectivity index (χ1n) is 8.64. The molecular weight excluding hydrogens is 449 g/mol. The summed E-state index contributed by atoms with van der Waals surface area (Å²) in [6, 6.07) is 19.8. The van der Waals surface area contributed by atoms with Crippen molar-refractivity contribution in [3.05, 3.63) is 77.5 Å². The number of nitrogens with one attached hydrogen (secondary N) is 2. The van der Waals surface area contributed by atoms with Crippen LogP contribution in [0.5, 0.6) is 0 Å². The maximum Gasteiger partial charge on any atom is 0.191 e. The lowest BCUT2D eigenvalue weighted by molar-refractivity contribution is 0.819. The fourth-order valence-electron chi connectivity index (χ4n) is 2.68. The van der Waals surface area contributed by atoms with Gasteiger partial charge in [-0.05, 0) is 42.3 Å². The van der Waals surface area contributed by atoms with Gasteiger partial charge in [-0.2, -0.15) is 5.26 Å². The van der Waals surface area contributed by atoms with Gasteiger partial charge in [-0.15, -0.1) is 24.0 Å². The predicted octanol–water partition coefficient (Wildman–Crippen LogP) is 3.98. The van der Waals surface area contributed by atoms with E-state index in [1.807, 2.05) is 61.7 Å². The van der Waals surface area contributed by atoms with Gasteiger partial charge in [0.15, 0.2) is 5.96 Å². The SMILES string of the molecule is CCNC(=NCc1ccc(C#N)cc1)NCc1ccnc2ccccc12.I. The van der Waals surface area contributed by atoms with Gasteiger partial charge in [0.05, 0.1) is 23.7 Å². The number of nitriles is 1. The van der Waals surface area contributed by atoms with Crippen LogP contribution in [0.25, 0.3) is 10.9 Å². The molecule has 0 amide bonds. The summed E-state index contributed by atoms with van der Waals surface area (Å²) in [5.74, 6) is 0.762. The number of guanidine groups is 1. The number of rotatable bonds is 5. The van der Waals surface area contributed by atoms with Crippen LogP contribution in [-0.4, -0.2) is 17.5 Å². The fraction of sp³-hybridized carbons (Fsp3) is 0.190. The summed E-state index contributed by atoms with van der Waals surface area (Å²) >= 11 is 0. The number of halogens is 1. The maximum atomic E-state index is 8.87. The monoisotopic (exact) mass is 471 g/mol. The third-order valence-corrected chi connectivity index (χ3v) is 4.03. The van der Waals surface area contributed by atoms with Crippen molar-refractivity contribution in [3.8, 4) is 6.07 Å². The lowest BCUT2D eigenvalue weighted by atomic mass is 10.1. The minimum atomic E-state index is 0. The van der Waals surface area contributed by atoms with E-state index in [-0.39, 0.29) is 24.0 Å². The number of pyridine rings is 1. The second-order valence-electron chi connectivity index (χ2n) is 5.84. The van der Waals surface area contributed by atoms with Crippen LogP contribution in [-0.2, 0) is 13.1 Å². The lowest BCUT2D eigenvalue weighted by Crippen LogP contribution is -2.36. The van der Waals surface area contributed by atoms with E-state index >= 15 is 0 Å². The van der Waals surface area contributed by atoms with E-state index in [0.717, 1.165) is 29.0 Å². The number of nitrogens with zero attached hydrogens (tertiary/aromatic N) is 3. The molecule has 0 saturated heterocycles. The van der Waals surface area contributed by atoms with Crippen molar-refractivity contribution in [2.45, 2.75) is 20.0 Å². The van der Waals surface area contributed by atoms with Crippen LogP contribution >= 0.6 is 24.0 Å². The number of benzene rings is 2. The normalized spacial score (nSPS) is 10.7. The first-order valence-corrected chi connectivity index (χ1v) is 8.64. The highest BCUT2D eigenvalue weighted by molar-refractivity contribution is 14.0. The van der Waals surface area contributed by atoms with Crippen molar-refractivity contribution in [1.82, 2.24) is 15.6 Å². The van der Waals surface area contributed by atoms with E-state index in [1.165, 1.54) is 5.56 Å². The summed E-state index contributed by atoms with van der Waals surface area (Å²) in [5.41, 5.74) is 3.90. The molecule has 0 radical (unpaired) electrons. The van der Waals surface area contributed by atoms with Crippen LogP contribution < -0.4 is 10.6 Å². The van der Waals surface area contributed by atoms with E-state index in [4.69, 9.17) is 5.26 Å². The molecule has 0 aliphatic carbocycles. The summed E-state index contributed by atoms with van der Waals surface area (Å²) in [7, 11) is 0. The van der Waals surface area contributed by atoms with Crippen molar-refractivity contribution >= 4 is 40.8 Å². The van der Waals surface area contributed by atoms with Crippen molar-refractivity contribution in [2.24, 2.45) is 4.99 Å². The lowest BCUT2D eigenvalue weighted by Gasteiger charge is -2.12. The molecule has 0 bridgehead atoms. The topological polar surface area (TPSA) is 73.1 Å². The standard InChI is InChI=1S/C21H21N5.HI/c1-2-23-21(25-14-17-9-7-16(13-22)8-10-17)26-15-18-11-12-24-20-6-4-3-5-19(18)20;/h3-12H,2,14-15H2,1H3,(H2,23,25,26);1H. The minimum Gasteiger partial charge on any atom is -0.357 e. The quantitative estimate of drug-likeness (QED) is 0.336. The van der Waals surface area contributed by atoms with E-state index < -0.39 is 0 Å². The van der Waals surface area contributed by atoms with Crippen molar-refractivity contribution < 1.29 is 0 Å². The Bertz CT molecular complexity index is 939. The van der Waals surface area contributed by atoms with Gasteiger partial charge in [0.1, 0.15) is 0 Å². The van der Waals surface area contributed by atoms with Gasteiger partial charge in [-0.3, -0.25) is 4.98 Å². The molecule has 0 fully saturated rings. The van der Waals surface area contributed by atoms with Gasteiger partial charge in [0, 0.05) is 24.7 Å². The zero-order chi connectivity index (χ0) is 18.2. The van der Waals surface area contributed by atoms with Crippen molar-refractivity contribution in [1.29, 1.82) is 5.26 Å². The average Bonchev–Trinajstić information content (AvgIpc) is 2.70. The van der Waals surface area contributed by atoms with Crippen LogP contribution in [0.1, 0.15) is 23.6 Å². The van der Waals surface area contributed by atoms with E-state index in [1.54, 1.807) is 0 Å². The number of hydrogen-bond acceptors (Lipinski definition) is 3. The summed E-state index contributed by atoms with van der Waals surface area (Å²) < 4.78 is 0. The molecule has 3 aromatic rings. The van der Waals surface area contributed by atoms with E-state index in [0.29, 0.717) is 18.7 Å². The molecule has 0 aliphatic heterocycles. The molecule has 1 heterocycles. The highest BCUT2D eigenvalue weighted by Gasteiger charge is 2.03. The van der Waals surface area contributed by atoms with Crippen molar-refractivity contribution in [2.75, 3.05) is 6.54 Å². The maximum absolute atomic E-state index is 8.87. The summed E-state index contributed by atoms with van der Waals surface area (Å²) in [6.45, 7) is 4.05. The summed E-state index contributed by atoms with van der Waals surface area (Å²) in [5, 5.41) is 16.7.